The van der Waals surface area contributed by atoms with Gasteiger partial charge in [-0.2, -0.15) is 24.5 Å². The fraction of sp³-hybridized carbons (Fsp3) is 0.231. The molecular weight excluding hydrogens is 291 g/mol. The molecule has 1 aliphatic heterocycles. The summed E-state index contributed by atoms with van der Waals surface area (Å²) in [6, 6.07) is 8.63. The predicted octanol–water partition coefficient (Wildman–Crippen LogP) is 4.77. The summed E-state index contributed by atoms with van der Waals surface area (Å²) in [5.74, 6) is 0. The van der Waals surface area contributed by atoms with Crippen LogP contribution < -0.4 is 5.32 Å². The van der Waals surface area contributed by atoms with Gasteiger partial charge in [0.1, 0.15) is 0 Å². The van der Waals surface area contributed by atoms with E-state index in [1.54, 1.807) is 41.1 Å². The molecule has 0 unspecified atom stereocenters. The van der Waals surface area contributed by atoms with Gasteiger partial charge in [-0.25, -0.2) is 0 Å². The quantitative estimate of drug-likeness (QED) is 0.857. The van der Waals surface area contributed by atoms with Crippen molar-refractivity contribution in [2.45, 2.75) is 22.4 Å². The highest BCUT2D eigenvalue weighted by atomic mass is 32.2. The van der Waals surface area contributed by atoms with Crippen LogP contribution in [0.3, 0.4) is 0 Å². The van der Waals surface area contributed by atoms with Gasteiger partial charge >= 0.3 is 6.18 Å². The van der Waals surface area contributed by atoms with Crippen LogP contribution >= 0.6 is 23.1 Å². The molecular formula is C13H10F3NS2. The van der Waals surface area contributed by atoms with E-state index in [1.165, 1.54) is 11.3 Å². The molecule has 1 nitrogen and oxygen atoms in total. The lowest BCUT2D eigenvalue weighted by Gasteiger charge is -2.31. The van der Waals surface area contributed by atoms with Gasteiger partial charge in [0.25, 0.3) is 0 Å². The third kappa shape index (κ3) is 2.23. The van der Waals surface area contributed by atoms with E-state index in [0.717, 1.165) is 11.8 Å². The fourth-order valence-corrected chi connectivity index (χ4v) is 4.01. The molecule has 1 aromatic carbocycles. The number of alkyl halides is 3. The molecule has 2 aromatic rings. The minimum Gasteiger partial charge on any atom is -0.362 e. The van der Waals surface area contributed by atoms with Gasteiger partial charge in [0.2, 0.25) is 0 Å². The van der Waals surface area contributed by atoms with Gasteiger partial charge in [-0.3, -0.25) is 0 Å². The van der Waals surface area contributed by atoms with Crippen LogP contribution in [0, 0.1) is 0 Å². The molecule has 6 heteroatoms. The molecule has 0 saturated heterocycles. The molecule has 1 N–H and O–H groups in total. The van der Waals surface area contributed by atoms with Gasteiger partial charge < -0.3 is 5.32 Å². The van der Waals surface area contributed by atoms with Crippen LogP contribution in [0.2, 0.25) is 0 Å². The number of hydrogen-bond donors (Lipinski definition) is 1. The topological polar surface area (TPSA) is 12.0 Å². The Balaban J connectivity index is 1.97. The third-order valence-electron chi connectivity index (χ3n) is 3.00. The van der Waals surface area contributed by atoms with E-state index in [2.05, 4.69) is 5.32 Å². The summed E-state index contributed by atoms with van der Waals surface area (Å²) >= 11 is 2.27. The Morgan fingerprint density at radius 3 is 2.58 bits per heavy atom. The number of nitrogens with one attached hydrogen (secondary N) is 1. The number of benzene rings is 1. The lowest BCUT2D eigenvalue weighted by atomic mass is 10.1. The monoisotopic (exact) mass is 301 g/mol. The number of para-hydroxylation sites is 1. The molecule has 0 saturated carbocycles. The fourth-order valence-electron chi connectivity index (χ4n) is 2.08. The number of thiophene rings is 1. The minimum absolute atomic E-state index is 0.0701. The van der Waals surface area contributed by atoms with Crippen LogP contribution in [0.25, 0.3) is 0 Å². The summed E-state index contributed by atoms with van der Waals surface area (Å²) in [6.07, 6.45) is -4.39. The highest BCUT2D eigenvalue weighted by Gasteiger charge is 2.58. The van der Waals surface area contributed by atoms with Crippen molar-refractivity contribution in [3.05, 3.63) is 46.7 Å². The summed E-state index contributed by atoms with van der Waals surface area (Å²) in [5.41, 5.74) is 1.26. The van der Waals surface area contributed by atoms with Crippen molar-refractivity contribution in [3.8, 4) is 0 Å². The first-order chi connectivity index (χ1) is 9.00. The zero-order valence-corrected chi connectivity index (χ0v) is 11.3. The Hall–Kier alpha value is -1.14. The number of thioether (sulfide) groups is 1. The lowest BCUT2D eigenvalue weighted by molar-refractivity contribution is -0.151. The first kappa shape index (κ1) is 12.9. The van der Waals surface area contributed by atoms with Crippen molar-refractivity contribution in [2.24, 2.45) is 0 Å². The summed E-state index contributed by atoms with van der Waals surface area (Å²) in [4.78, 5) is -1.31. The molecule has 0 aliphatic carbocycles. The van der Waals surface area contributed by atoms with Crippen LogP contribution in [0.4, 0.5) is 18.9 Å². The van der Waals surface area contributed by atoms with Crippen LogP contribution in [-0.4, -0.2) is 11.0 Å². The Morgan fingerprint density at radius 2 is 1.95 bits per heavy atom. The molecule has 1 aliphatic rings. The second-order valence-electron chi connectivity index (χ2n) is 4.36. The van der Waals surface area contributed by atoms with Gasteiger partial charge in [-0.1, -0.05) is 23.9 Å². The van der Waals surface area contributed by atoms with E-state index in [4.69, 9.17) is 0 Å². The zero-order chi connectivity index (χ0) is 13.5. The molecule has 0 fully saturated rings. The minimum atomic E-state index is -4.32. The maximum absolute atomic E-state index is 13.5. The van der Waals surface area contributed by atoms with E-state index < -0.39 is 11.0 Å². The Kier molecular flexibility index (Phi) is 3.02. The van der Waals surface area contributed by atoms with Crippen molar-refractivity contribution in [1.82, 2.24) is 0 Å². The van der Waals surface area contributed by atoms with Gasteiger partial charge in [-0.15, -0.1) is 0 Å². The van der Waals surface area contributed by atoms with Crippen LogP contribution in [-0.2, 0) is 6.42 Å². The molecule has 1 aromatic heterocycles. The van der Waals surface area contributed by atoms with Gasteiger partial charge in [0.15, 0.2) is 4.87 Å². The number of anilines is 1. The average molecular weight is 301 g/mol. The highest BCUT2D eigenvalue weighted by Crippen LogP contribution is 2.54. The number of hydrogen-bond acceptors (Lipinski definition) is 3. The molecule has 0 bridgehead atoms. The second-order valence-corrected chi connectivity index (χ2v) is 6.48. The van der Waals surface area contributed by atoms with E-state index in [1.807, 2.05) is 0 Å². The molecule has 100 valence electrons. The average Bonchev–Trinajstić information content (AvgIpc) is 2.95. The molecule has 3 rings (SSSR count). The molecule has 1 atom stereocenters. The van der Waals surface area contributed by atoms with E-state index in [0.29, 0.717) is 16.1 Å². The summed E-state index contributed by atoms with van der Waals surface area (Å²) < 4.78 is 40.5. The highest BCUT2D eigenvalue weighted by molar-refractivity contribution is 8.01. The Labute approximate surface area is 116 Å². The van der Waals surface area contributed by atoms with Gasteiger partial charge in [0.05, 0.1) is 0 Å². The summed E-state index contributed by atoms with van der Waals surface area (Å²) in [5, 5.41) is 6.23. The SMILES string of the molecule is FC(F)(F)[C@@]1(Cc2ccsc2)Nc2ccccc2S1. The van der Waals surface area contributed by atoms with Gasteiger partial charge in [0, 0.05) is 17.0 Å². The van der Waals surface area contributed by atoms with Crippen molar-refractivity contribution in [3.63, 3.8) is 0 Å². The first-order valence-electron chi connectivity index (χ1n) is 5.64. The predicted molar refractivity (Wildman–Crippen MR) is 72.7 cm³/mol. The van der Waals surface area contributed by atoms with E-state index >= 15 is 0 Å². The smallest absolute Gasteiger partial charge is 0.362 e. The number of fused-ring (bicyclic) bond motifs is 1. The third-order valence-corrected chi connectivity index (χ3v) is 5.13. The van der Waals surface area contributed by atoms with Gasteiger partial charge in [-0.05, 0) is 34.5 Å². The maximum atomic E-state index is 13.5. The normalized spacial score (nSPS) is 22.1. The first-order valence-corrected chi connectivity index (χ1v) is 7.40. The van der Waals surface area contributed by atoms with Crippen LogP contribution in [0.1, 0.15) is 5.56 Å². The van der Waals surface area contributed by atoms with Crippen molar-refractivity contribution in [1.29, 1.82) is 0 Å². The summed E-state index contributed by atoms with van der Waals surface area (Å²) in [7, 11) is 0. The number of halogens is 3. The van der Waals surface area contributed by atoms with Crippen molar-refractivity contribution in [2.75, 3.05) is 5.32 Å². The zero-order valence-electron chi connectivity index (χ0n) is 9.70. The van der Waals surface area contributed by atoms with Crippen molar-refractivity contribution < 1.29 is 13.2 Å². The van der Waals surface area contributed by atoms with Crippen LogP contribution in [0.5, 0.6) is 0 Å². The molecule has 0 radical (unpaired) electrons. The largest absolute Gasteiger partial charge is 0.421 e. The van der Waals surface area contributed by atoms with E-state index in [9.17, 15) is 13.2 Å². The standard InChI is InChI=1S/C13H10F3NS2/c14-13(15,16)12(7-9-5-6-18-8-9)17-10-3-1-2-4-11(10)19-12/h1-6,8,17H,7H2/t12-/m0/s1. The molecule has 19 heavy (non-hydrogen) atoms. The molecule has 0 amide bonds. The lowest BCUT2D eigenvalue weighted by Crippen LogP contribution is -2.48. The molecule has 2 heterocycles. The van der Waals surface area contributed by atoms with E-state index in [-0.39, 0.29) is 6.42 Å². The van der Waals surface area contributed by atoms with Crippen molar-refractivity contribution >= 4 is 28.8 Å². The maximum Gasteiger partial charge on any atom is 0.421 e. The Morgan fingerprint density at radius 1 is 1.16 bits per heavy atom. The number of rotatable bonds is 2. The Bertz CT molecular complexity index is 547. The summed E-state index contributed by atoms with van der Waals surface area (Å²) in [6.45, 7) is 0. The molecule has 0 spiro atoms. The second kappa shape index (κ2) is 4.45. The van der Waals surface area contributed by atoms with Crippen LogP contribution in [0.15, 0.2) is 46.0 Å².